The first-order valence-electron chi connectivity index (χ1n) is 6.57. The average Bonchev–Trinajstić information content (AvgIpc) is 3.12. The second kappa shape index (κ2) is 5.35. The van der Waals surface area contributed by atoms with Crippen LogP contribution < -0.4 is 4.90 Å². The number of anilines is 1. The van der Waals surface area contributed by atoms with Crippen molar-refractivity contribution < 1.29 is 8.42 Å². The van der Waals surface area contributed by atoms with Crippen LogP contribution in [0.25, 0.3) is 0 Å². The second-order valence-electron chi connectivity index (χ2n) is 4.81. The van der Waals surface area contributed by atoms with Crippen molar-refractivity contribution >= 4 is 26.7 Å². The van der Waals surface area contributed by atoms with Crippen LogP contribution in [0.15, 0.2) is 11.6 Å². The summed E-state index contributed by atoms with van der Waals surface area (Å²) in [6, 6.07) is 0. The molecule has 2 aliphatic heterocycles. The third kappa shape index (κ3) is 2.62. The minimum absolute atomic E-state index is 0.554. The molecule has 0 radical (unpaired) electrons. The molecule has 3 rings (SSSR count). The van der Waals surface area contributed by atoms with E-state index in [-0.39, 0.29) is 0 Å². The molecule has 1 aromatic heterocycles. The van der Waals surface area contributed by atoms with E-state index >= 15 is 0 Å². The zero-order valence-electron chi connectivity index (χ0n) is 10.7. The first-order chi connectivity index (χ1) is 9.18. The van der Waals surface area contributed by atoms with Crippen molar-refractivity contribution in [2.45, 2.75) is 12.8 Å². The number of hydrogen-bond acceptors (Lipinski definition) is 5. The Labute approximate surface area is 117 Å². The highest BCUT2D eigenvalue weighted by Crippen LogP contribution is 2.22. The van der Waals surface area contributed by atoms with E-state index in [0.29, 0.717) is 26.2 Å². The summed E-state index contributed by atoms with van der Waals surface area (Å²) in [5.74, 6) is 0. The molecule has 19 heavy (non-hydrogen) atoms. The van der Waals surface area contributed by atoms with Gasteiger partial charge in [-0.3, -0.25) is 0 Å². The Hall–Kier alpha value is -0.700. The number of rotatable bonds is 3. The van der Waals surface area contributed by atoms with Crippen LogP contribution in [0, 0.1) is 0 Å². The fourth-order valence-corrected chi connectivity index (χ4v) is 4.93. The molecule has 0 spiro atoms. The van der Waals surface area contributed by atoms with Crippen molar-refractivity contribution in [2.75, 3.05) is 44.2 Å². The third-order valence-corrected chi connectivity index (χ3v) is 6.51. The maximum atomic E-state index is 12.4. The van der Waals surface area contributed by atoms with E-state index in [4.69, 9.17) is 0 Å². The lowest BCUT2D eigenvalue weighted by molar-refractivity contribution is 0.343. The Morgan fingerprint density at radius 1 is 1.00 bits per heavy atom. The van der Waals surface area contributed by atoms with E-state index in [0.717, 1.165) is 31.1 Å². The van der Waals surface area contributed by atoms with Crippen LogP contribution in [0.1, 0.15) is 12.8 Å². The predicted molar refractivity (Wildman–Crippen MR) is 75.6 cm³/mol. The van der Waals surface area contributed by atoms with Crippen molar-refractivity contribution in [1.82, 2.24) is 13.6 Å². The molecule has 0 N–H and O–H groups in total. The predicted octanol–water partition coefficient (Wildman–Crippen LogP) is 0.606. The van der Waals surface area contributed by atoms with Crippen LogP contribution in [0.2, 0.25) is 0 Å². The van der Waals surface area contributed by atoms with E-state index in [9.17, 15) is 8.42 Å². The van der Waals surface area contributed by atoms with Crippen molar-refractivity contribution in [3.8, 4) is 0 Å². The number of nitrogens with zero attached hydrogens (tertiary/aromatic N) is 4. The number of piperazine rings is 1. The standard InChI is InChI=1S/C11H18N4O2S2/c16-19(17,14-4-1-2-5-14)15-8-6-13(7-9-15)11-12-3-10-18-11/h3,10H,1-2,4-9H2. The van der Waals surface area contributed by atoms with Crippen molar-refractivity contribution in [3.63, 3.8) is 0 Å². The highest BCUT2D eigenvalue weighted by Gasteiger charge is 2.33. The Kier molecular flexibility index (Phi) is 3.75. The average molecular weight is 302 g/mol. The van der Waals surface area contributed by atoms with Crippen molar-refractivity contribution in [3.05, 3.63) is 11.6 Å². The topological polar surface area (TPSA) is 56.8 Å². The van der Waals surface area contributed by atoms with Crippen LogP contribution >= 0.6 is 11.3 Å². The van der Waals surface area contributed by atoms with Gasteiger partial charge < -0.3 is 4.90 Å². The normalized spacial score (nSPS) is 23.1. The van der Waals surface area contributed by atoms with E-state index < -0.39 is 10.2 Å². The molecule has 0 aliphatic carbocycles. The lowest BCUT2D eigenvalue weighted by Gasteiger charge is -2.35. The molecule has 3 heterocycles. The summed E-state index contributed by atoms with van der Waals surface area (Å²) in [6.45, 7) is 3.90. The molecule has 0 bridgehead atoms. The molecule has 8 heteroatoms. The molecule has 2 aliphatic rings. The Balaban J connectivity index is 1.63. The van der Waals surface area contributed by atoms with Crippen LogP contribution in [0.5, 0.6) is 0 Å². The van der Waals surface area contributed by atoms with Gasteiger partial charge in [-0.25, -0.2) is 4.98 Å². The third-order valence-electron chi connectivity index (χ3n) is 3.65. The van der Waals surface area contributed by atoms with E-state index in [1.54, 1.807) is 26.1 Å². The van der Waals surface area contributed by atoms with E-state index in [1.807, 2.05) is 5.38 Å². The van der Waals surface area contributed by atoms with Gasteiger partial charge in [0.2, 0.25) is 0 Å². The molecule has 0 atom stereocenters. The Bertz CT molecular complexity index is 503. The number of thiazole rings is 1. The lowest BCUT2D eigenvalue weighted by atomic mass is 10.4. The van der Waals surface area contributed by atoms with Gasteiger partial charge in [-0.1, -0.05) is 0 Å². The summed E-state index contributed by atoms with van der Waals surface area (Å²) in [7, 11) is -3.23. The molecule has 0 unspecified atom stereocenters. The molecular formula is C11H18N4O2S2. The summed E-state index contributed by atoms with van der Waals surface area (Å²) >= 11 is 1.60. The molecule has 6 nitrogen and oxygen atoms in total. The van der Waals surface area contributed by atoms with Gasteiger partial charge in [0.05, 0.1) is 0 Å². The summed E-state index contributed by atoms with van der Waals surface area (Å²) in [4.78, 5) is 6.42. The molecule has 0 aromatic carbocycles. The highest BCUT2D eigenvalue weighted by molar-refractivity contribution is 7.86. The monoisotopic (exact) mass is 302 g/mol. The fraction of sp³-hybridized carbons (Fsp3) is 0.727. The Morgan fingerprint density at radius 3 is 2.21 bits per heavy atom. The molecule has 0 saturated carbocycles. The minimum Gasteiger partial charge on any atom is -0.345 e. The van der Waals surface area contributed by atoms with Gasteiger partial charge >= 0.3 is 0 Å². The van der Waals surface area contributed by atoms with Gasteiger partial charge in [-0.05, 0) is 12.8 Å². The molecule has 2 fully saturated rings. The van der Waals surface area contributed by atoms with Gasteiger partial charge in [0.25, 0.3) is 10.2 Å². The van der Waals surface area contributed by atoms with Gasteiger partial charge in [0.1, 0.15) is 0 Å². The Morgan fingerprint density at radius 2 is 1.63 bits per heavy atom. The molecule has 0 amide bonds. The minimum atomic E-state index is -3.23. The number of hydrogen-bond donors (Lipinski definition) is 0. The first kappa shape index (κ1) is 13.3. The quantitative estimate of drug-likeness (QED) is 0.821. The summed E-state index contributed by atoms with van der Waals surface area (Å²) < 4.78 is 28.0. The summed E-state index contributed by atoms with van der Waals surface area (Å²) in [5.41, 5.74) is 0. The van der Waals surface area contributed by atoms with Gasteiger partial charge in [-0.2, -0.15) is 17.0 Å². The van der Waals surface area contributed by atoms with E-state index in [2.05, 4.69) is 9.88 Å². The highest BCUT2D eigenvalue weighted by atomic mass is 32.2. The van der Waals surface area contributed by atoms with Crippen LogP contribution in [0.3, 0.4) is 0 Å². The van der Waals surface area contributed by atoms with Crippen molar-refractivity contribution in [1.29, 1.82) is 0 Å². The molecule has 2 saturated heterocycles. The zero-order valence-corrected chi connectivity index (χ0v) is 12.4. The van der Waals surface area contributed by atoms with Gasteiger partial charge in [0.15, 0.2) is 5.13 Å². The fourth-order valence-electron chi connectivity index (χ4n) is 2.56. The first-order valence-corrected chi connectivity index (χ1v) is 8.85. The molecule has 1 aromatic rings. The van der Waals surface area contributed by atoms with Crippen LogP contribution in [-0.2, 0) is 10.2 Å². The lowest BCUT2D eigenvalue weighted by Crippen LogP contribution is -2.52. The molecule has 106 valence electrons. The summed E-state index contributed by atoms with van der Waals surface area (Å²) in [5, 5.41) is 2.93. The van der Waals surface area contributed by atoms with Crippen molar-refractivity contribution in [2.24, 2.45) is 0 Å². The molecular weight excluding hydrogens is 284 g/mol. The van der Waals surface area contributed by atoms with Gasteiger partial charge in [-0.15, -0.1) is 11.3 Å². The maximum Gasteiger partial charge on any atom is 0.282 e. The largest absolute Gasteiger partial charge is 0.345 e. The smallest absolute Gasteiger partial charge is 0.282 e. The summed E-state index contributed by atoms with van der Waals surface area (Å²) in [6.07, 6.45) is 3.75. The second-order valence-corrected chi connectivity index (χ2v) is 7.62. The van der Waals surface area contributed by atoms with Crippen LogP contribution in [0.4, 0.5) is 5.13 Å². The maximum absolute atomic E-state index is 12.4. The van der Waals surface area contributed by atoms with Gasteiger partial charge in [0, 0.05) is 50.8 Å². The zero-order chi connectivity index (χ0) is 13.3. The SMILES string of the molecule is O=S(=O)(N1CCCC1)N1CCN(c2nccs2)CC1. The number of aromatic nitrogens is 1. The van der Waals surface area contributed by atoms with Crippen LogP contribution in [-0.4, -0.2) is 61.3 Å². The van der Waals surface area contributed by atoms with E-state index in [1.165, 1.54) is 0 Å².